The molecule has 0 radical (unpaired) electrons. The van der Waals surface area contributed by atoms with Gasteiger partial charge in [0.25, 0.3) is 5.54 Å². The van der Waals surface area contributed by atoms with Gasteiger partial charge in [-0.3, -0.25) is 9.59 Å². The summed E-state index contributed by atoms with van der Waals surface area (Å²) in [6, 6.07) is -1.80. The van der Waals surface area contributed by atoms with Gasteiger partial charge < -0.3 is 26.8 Å². The highest BCUT2D eigenvalue weighted by atomic mass is 16.4. The molecule has 0 bridgehead atoms. The number of hydrogen-bond acceptors (Lipinski definition) is 6. The number of Topliss-reactive ketones (excluding diaryl/α,β-unsaturated/α-hetero) is 1. The van der Waals surface area contributed by atoms with E-state index in [4.69, 9.17) is 26.8 Å². The van der Waals surface area contributed by atoms with E-state index in [1.165, 1.54) is 0 Å². The highest BCUT2D eigenvalue weighted by molar-refractivity contribution is 6.25. The lowest BCUT2D eigenvalue weighted by atomic mass is 9.89. The van der Waals surface area contributed by atoms with Gasteiger partial charge in [-0.25, -0.2) is 9.59 Å². The Balaban J connectivity index is 5.12. The molecular weight excluding hydrogens is 224 g/mol. The van der Waals surface area contributed by atoms with E-state index in [0.29, 0.717) is 0 Å². The first-order chi connectivity index (χ1) is 7.13. The molecule has 0 spiro atoms. The van der Waals surface area contributed by atoms with Crippen LogP contribution in [0.3, 0.4) is 0 Å². The molecule has 9 nitrogen and oxygen atoms in total. The molecular formula is C7H10N2O7. The number of carboxylic acids is 3. The van der Waals surface area contributed by atoms with Crippen molar-refractivity contribution < 1.29 is 34.5 Å². The van der Waals surface area contributed by atoms with Gasteiger partial charge in [0.1, 0.15) is 0 Å². The van der Waals surface area contributed by atoms with Gasteiger partial charge in [-0.05, 0) is 0 Å². The van der Waals surface area contributed by atoms with E-state index in [1.54, 1.807) is 0 Å². The summed E-state index contributed by atoms with van der Waals surface area (Å²) in [6.45, 7) is 0. The molecule has 0 aliphatic carbocycles. The summed E-state index contributed by atoms with van der Waals surface area (Å²) >= 11 is 0. The molecule has 0 unspecified atom stereocenters. The van der Waals surface area contributed by atoms with E-state index in [-0.39, 0.29) is 0 Å². The van der Waals surface area contributed by atoms with Crippen LogP contribution in [-0.4, -0.2) is 50.6 Å². The second kappa shape index (κ2) is 4.68. The standard InChI is InChI=1S/C7H10N2O7/c8-2(1-3(10)11)4(12)7(9,5(13)14)6(15)16/h2H,1,8-9H2,(H,10,11)(H,13,14)(H,15,16)/t2-/m1/s1. The van der Waals surface area contributed by atoms with Crippen molar-refractivity contribution >= 4 is 23.7 Å². The largest absolute Gasteiger partial charge is 0.481 e. The summed E-state index contributed by atoms with van der Waals surface area (Å²) in [5.74, 6) is -7.26. The molecule has 0 heterocycles. The second-order valence-electron chi connectivity index (χ2n) is 2.99. The molecule has 0 amide bonds. The van der Waals surface area contributed by atoms with Crippen LogP contribution in [0.2, 0.25) is 0 Å². The van der Waals surface area contributed by atoms with E-state index >= 15 is 0 Å². The Hall–Kier alpha value is -2.00. The summed E-state index contributed by atoms with van der Waals surface area (Å²) in [5.41, 5.74) is 6.70. The number of ketones is 1. The summed E-state index contributed by atoms with van der Waals surface area (Å²) in [4.78, 5) is 42.7. The average molecular weight is 234 g/mol. The molecule has 16 heavy (non-hydrogen) atoms. The molecule has 0 fully saturated rings. The summed E-state index contributed by atoms with van der Waals surface area (Å²) in [6.07, 6.45) is -0.904. The summed E-state index contributed by atoms with van der Waals surface area (Å²) in [5, 5.41) is 25.4. The first kappa shape index (κ1) is 14.0. The Morgan fingerprint density at radius 1 is 1.06 bits per heavy atom. The van der Waals surface area contributed by atoms with E-state index in [1.807, 2.05) is 0 Å². The number of rotatable bonds is 6. The fraction of sp³-hybridized carbons (Fsp3) is 0.429. The number of carboxylic acid groups (broad SMARTS) is 3. The number of nitrogens with two attached hydrogens (primary N) is 2. The third kappa shape index (κ3) is 2.52. The van der Waals surface area contributed by atoms with Gasteiger partial charge in [-0.15, -0.1) is 0 Å². The number of carbonyl (C=O) groups excluding carboxylic acids is 1. The van der Waals surface area contributed by atoms with Gasteiger partial charge >= 0.3 is 17.9 Å². The van der Waals surface area contributed by atoms with Crippen LogP contribution in [0, 0.1) is 0 Å². The molecule has 0 aromatic heterocycles. The zero-order valence-corrected chi connectivity index (χ0v) is 7.91. The number of aliphatic carboxylic acids is 3. The predicted octanol–water partition coefficient (Wildman–Crippen LogP) is -2.78. The van der Waals surface area contributed by atoms with E-state index in [9.17, 15) is 19.2 Å². The first-order valence-corrected chi connectivity index (χ1v) is 3.91. The van der Waals surface area contributed by atoms with Crippen LogP contribution in [0.25, 0.3) is 0 Å². The Labute approximate surface area is 88.6 Å². The molecule has 0 aromatic rings. The highest BCUT2D eigenvalue weighted by Gasteiger charge is 2.52. The van der Waals surface area contributed by atoms with E-state index in [2.05, 4.69) is 0 Å². The van der Waals surface area contributed by atoms with Crippen LogP contribution in [0.15, 0.2) is 0 Å². The van der Waals surface area contributed by atoms with Gasteiger partial charge in [0.15, 0.2) is 5.78 Å². The summed E-state index contributed by atoms with van der Waals surface area (Å²) in [7, 11) is 0. The van der Waals surface area contributed by atoms with Crippen molar-refractivity contribution in [1.29, 1.82) is 0 Å². The molecule has 1 atom stereocenters. The Bertz CT molecular complexity index is 337. The molecule has 0 saturated carbocycles. The molecule has 0 saturated heterocycles. The highest BCUT2D eigenvalue weighted by Crippen LogP contribution is 2.08. The van der Waals surface area contributed by atoms with Crippen LogP contribution in [0.4, 0.5) is 0 Å². The van der Waals surface area contributed by atoms with Crippen LogP contribution in [-0.2, 0) is 19.2 Å². The van der Waals surface area contributed by atoms with Crippen molar-refractivity contribution in [2.75, 3.05) is 0 Å². The van der Waals surface area contributed by atoms with Crippen LogP contribution in [0.1, 0.15) is 6.42 Å². The van der Waals surface area contributed by atoms with Gasteiger partial charge in [-0.1, -0.05) is 0 Å². The van der Waals surface area contributed by atoms with Crippen molar-refractivity contribution in [2.24, 2.45) is 11.5 Å². The minimum Gasteiger partial charge on any atom is -0.481 e. The third-order valence-electron chi connectivity index (χ3n) is 1.79. The average Bonchev–Trinajstić information content (AvgIpc) is 2.13. The minimum absolute atomic E-state index is 0.904. The molecule has 0 aliphatic heterocycles. The van der Waals surface area contributed by atoms with E-state index < -0.39 is 41.7 Å². The SMILES string of the molecule is N[C@H](CC(=O)O)C(=O)C(N)(C(=O)O)C(=O)O. The maximum absolute atomic E-state index is 11.3. The van der Waals surface area contributed by atoms with Crippen LogP contribution in [0.5, 0.6) is 0 Å². The molecule has 90 valence electrons. The minimum atomic E-state index is -3.23. The fourth-order valence-corrected chi connectivity index (χ4v) is 0.876. The predicted molar refractivity (Wildman–Crippen MR) is 47.4 cm³/mol. The molecule has 0 aromatic carbocycles. The second-order valence-corrected chi connectivity index (χ2v) is 2.99. The number of carbonyl (C=O) groups is 4. The zero-order chi connectivity index (χ0) is 13.1. The quantitative estimate of drug-likeness (QED) is 0.303. The van der Waals surface area contributed by atoms with Crippen LogP contribution < -0.4 is 11.5 Å². The molecule has 9 heteroatoms. The lowest BCUT2D eigenvalue weighted by Crippen LogP contribution is -2.65. The van der Waals surface area contributed by atoms with Crippen molar-refractivity contribution in [2.45, 2.75) is 18.0 Å². The monoisotopic (exact) mass is 234 g/mol. The normalized spacial score (nSPS) is 12.9. The zero-order valence-electron chi connectivity index (χ0n) is 7.91. The molecule has 0 rings (SSSR count). The van der Waals surface area contributed by atoms with Gasteiger partial charge in [0.05, 0.1) is 12.5 Å². The smallest absolute Gasteiger partial charge is 0.343 e. The fourth-order valence-electron chi connectivity index (χ4n) is 0.876. The summed E-state index contributed by atoms with van der Waals surface area (Å²) < 4.78 is 0. The third-order valence-corrected chi connectivity index (χ3v) is 1.79. The van der Waals surface area contributed by atoms with E-state index in [0.717, 1.165) is 0 Å². The van der Waals surface area contributed by atoms with Crippen molar-refractivity contribution in [3.8, 4) is 0 Å². The molecule has 0 aliphatic rings. The number of hydrogen-bond donors (Lipinski definition) is 5. The van der Waals surface area contributed by atoms with Crippen molar-refractivity contribution in [1.82, 2.24) is 0 Å². The lowest BCUT2D eigenvalue weighted by molar-refractivity contribution is -0.161. The lowest BCUT2D eigenvalue weighted by Gasteiger charge is -2.20. The van der Waals surface area contributed by atoms with Crippen molar-refractivity contribution in [3.63, 3.8) is 0 Å². The maximum atomic E-state index is 11.3. The van der Waals surface area contributed by atoms with Gasteiger partial charge in [0.2, 0.25) is 0 Å². The van der Waals surface area contributed by atoms with Gasteiger partial charge in [-0.2, -0.15) is 0 Å². The Morgan fingerprint density at radius 2 is 1.44 bits per heavy atom. The maximum Gasteiger partial charge on any atom is 0.343 e. The first-order valence-electron chi connectivity index (χ1n) is 3.91. The van der Waals surface area contributed by atoms with Gasteiger partial charge in [0, 0.05) is 0 Å². The molecule has 7 N–H and O–H groups in total. The topological polar surface area (TPSA) is 181 Å². The van der Waals surface area contributed by atoms with Crippen LogP contribution >= 0.6 is 0 Å². The Kier molecular flexibility index (Phi) is 4.09. The Morgan fingerprint density at radius 3 is 1.69 bits per heavy atom. The van der Waals surface area contributed by atoms with Crippen molar-refractivity contribution in [3.05, 3.63) is 0 Å².